The van der Waals surface area contributed by atoms with E-state index in [-0.39, 0.29) is 13.2 Å². The fourth-order valence-electron chi connectivity index (χ4n) is 2.24. The van der Waals surface area contributed by atoms with E-state index in [1.54, 1.807) is 7.05 Å². The number of rotatable bonds is 5. The van der Waals surface area contributed by atoms with Crippen LogP contribution < -0.4 is 10.0 Å². The van der Waals surface area contributed by atoms with Crippen molar-refractivity contribution in [3.05, 3.63) is 29.3 Å². The van der Waals surface area contributed by atoms with Crippen molar-refractivity contribution in [2.75, 3.05) is 20.3 Å². The summed E-state index contributed by atoms with van der Waals surface area (Å²) in [6.07, 6.45) is 1.34. The van der Waals surface area contributed by atoms with Gasteiger partial charge in [0, 0.05) is 19.2 Å². The minimum Gasteiger partial charge on any atom is -0.380 e. The summed E-state index contributed by atoms with van der Waals surface area (Å²) in [6, 6.07) is 1.70. The van der Waals surface area contributed by atoms with E-state index in [1.165, 1.54) is 0 Å². The molecule has 0 aromatic heterocycles. The van der Waals surface area contributed by atoms with E-state index >= 15 is 0 Å². The molecule has 1 atom stereocenters. The molecule has 0 aliphatic carbocycles. The Hall–Kier alpha value is -1.09. The van der Waals surface area contributed by atoms with Gasteiger partial charge in [0.2, 0.25) is 10.0 Å². The van der Waals surface area contributed by atoms with Gasteiger partial charge in [0.1, 0.15) is 4.90 Å². The first-order valence-electron chi connectivity index (χ1n) is 6.66. The molecular formula is C13H18F2N2O3S. The zero-order valence-electron chi connectivity index (χ0n) is 11.7. The van der Waals surface area contributed by atoms with Crippen molar-refractivity contribution in [2.45, 2.75) is 30.3 Å². The second-order valence-electron chi connectivity index (χ2n) is 4.96. The Balaban J connectivity index is 2.29. The Morgan fingerprint density at radius 2 is 2.14 bits per heavy atom. The molecule has 0 spiro atoms. The first-order chi connectivity index (χ1) is 9.94. The van der Waals surface area contributed by atoms with E-state index in [4.69, 9.17) is 4.74 Å². The predicted molar refractivity (Wildman–Crippen MR) is 73.3 cm³/mol. The second kappa shape index (κ2) is 6.78. The second-order valence-corrected chi connectivity index (χ2v) is 6.64. The Bertz CT molecular complexity index is 602. The van der Waals surface area contributed by atoms with Crippen LogP contribution in [0.4, 0.5) is 8.78 Å². The van der Waals surface area contributed by atoms with Gasteiger partial charge in [-0.3, -0.25) is 0 Å². The average molecular weight is 320 g/mol. The lowest BCUT2D eigenvalue weighted by molar-refractivity contribution is 0.0774. The monoisotopic (exact) mass is 320 g/mol. The zero-order valence-corrected chi connectivity index (χ0v) is 12.5. The van der Waals surface area contributed by atoms with Crippen molar-refractivity contribution >= 4 is 10.0 Å². The number of hydrogen-bond donors (Lipinski definition) is 2. The molecule has 21 heavy (non-hydrogen) atoms. The highest BCUT2D eigenvalue weighted by Gasteiger charge is 2.27. The summed E-state index contributed by atoms with van der Waals surface area (Å²) < 4.78 is 59.4. The van der Waals surface area contributed by atoms with Gasteiger partial charge in [0.25, 0.3) is 0 Å². The normalized spacial score (nSPS) is 19.7. The summed E-state index contributed by atoms with van der Waals surface area (Å²) >= 11 is 0. The van der Waals surface area contributed by atoms with E-state index in [0.29, 0.717) is 18.6 Å². The summed E-state index contributed by atoms with van der Waals surface area (Å²) in [5, 5.41) is 2.77. The van der Waals surface area contributed by atoms with Gasteiger partial charge in [0.05, 0.1) is 6.61 Å². The molecule has 0 bridgehead atoms. The van der Waals surface area contributed by atoms with Crippen LogP contribution in [0.25, 0.3) is 0 Å². The van der Waals surface area contributed by atoms with Gasteiger partial charge in [0.15, 0.2) is 11.6 Å². The molecule has 1 unspecified atom stereocenters. The van der Waals surface area contributed by atoms with Crippen LogP contribution in [0.2, 0.25) is 0 Å². The molecule has 1 aromatic rings. The van der Waals surface area contributed by atoms with Crippen LogP contribution in [0.3, 0.4) is 0 Å². The fourth-order valence-corrected chi connectivity index (χ4v) is 3.63. The molecule has 0 radical (unpaired) electrons. The molecular weight excluding hydrogens is 302 g/mol. The van der Waals surface area contributed by atoms with E-state index in [2.05, 4.69) is 10.0 Å². The number of hydrogen-bond acceptors (Lipinski definition) is 4. The Kier molecular flexibility index (Phi) is 5.26. The van der Waals surface area contributed by atoms with Crippen molar-refractivity contribution in [1.29, 1.82) is 0 Å². The lowest BCUT2D eigenvalue weighted by Gasteiger charge is -2.23. The average Bonchev–Trinajstić information content (AvgIpc) is 2.43. The van der Waals surface area contributed by atoms with Gasteiger partial charge in [-0.1, -0.05) is 0 Å². The number of benzene rings is 1. The minimum absolute atomic E-state index is 0.236. The molecule has 1 aromatic carbocycles. The molecule has 1 heterocycles. The minimum atomic E-state index is -4.13. The predicted octanol–water partition coefficient (Wildman–Crippen LogP) is 1.14. The third kappa shape index (κ3) is 3.97. The van der Waals surface area contributed by atoms with Gasteiger partial charge in [-0.25, -0.2) is 21.9 Å². The third-order valence-electron chi connectivity index (χ3n) is 3.21. The van der Waals surface area contributed by atoms with Gasteiger partial charge in [-0.2, -0.15) is 0 Å². The van der Waals surface area contributed by atoms with Gasteiger partial charge in [-0.05, 0) is 37.6 Å². The lowest BCUT2D eigenvalue weighted by atomic mass is 10.1. The SMILES string of the molecule is CNCc1cc(F)c(F)c(S(=O)(=O)NC2CCCOC2)c1. The Labute approximate surface area is 122 Å². The molecule has 1 aliphatic heterocycles. The molecule has 5 nitrogen and oxygen atoms in total. The van der Waals surface area contributed by atoms with Crippen molar-refractivity contribution in [1.82, 2.24) is 10.0 Å². The molecule has 8 heteroatoms. The van der Waals surface area contributed by atoms with Gasteiger partial charge in [-0.15, -0.1) is 0 Å². The van der Waals surface area contributed by atoms with Crippen LogP contribution >= 0.6 is 0 Å². The Morgan fingerprint density at radius 1 is 1.38 bits per heavy atom. The Morgan fingerprint density at radius 3 is 2.76 bits per heavy atom. The molecule has 1 saturated heterocycles. The number of ether oxygens (including phenoxy) is 1. The van der Waals surface area contributed by atoms with Gasteiger partial charge >= 0.3 is 0 Å². The van der Waals surface area contributed by atoms with Crippen LogP contribution in [-0.4, -0.2) is 34.7 Å². The zero-order chi connectivity index (χ0) is 15.5. The molecule has 2 N–H and O–H groups in total. The van der Waals surface area contributed by atoms with E-state index < -0.39 is 32.6 Å². The molecule has 1 fully saturated rings. The standard InChI is InChI=1S/C13H18F2N2O3S/c1-16-7-9-5-11(14)13(15)12(6-9)21(18,19)17-10-3-2-4-20-8-10/h5-6,10,16-17H,2-4,7-8H2,1H3. The fraction of sp³-hybridized carbons (Fsp3) is 0.538. The smallest absolute Gasteiger partial charge is 0.243 e. The molecule has 0 saturated carbocycles. The highest BCUT2D eigenvalue weighted by Crippen LogP contribution is 2.21. The van der Waals surface area contributed by atoms with Crippen molar-refractivity contribution in [3.8, 4) is 0 Å². The molecule has 118 valence electrons. The summed E-state index contributed by atoms with van der Waals surface area (Å²) in [4.78, 5) is -0.668. The van der Waals surface area contributed by atoms with Gasteiger partial charge < -0.3 is 10.1 Å². The van der Waals surface area contributed by atoms with Crippen LogP contribution in [0.5, 0.6) is 0 Å². The molecule has 1 aliphatic rings. The molecule has 0 amide bonds. The van der Waals surface area contributed by atoms with E-state index in [1.807, 2.05) is 0 Å². The summed E-state index contributed by atoms with van der Waals surface area (Å²) in [5.41, 5.74) is 0.358. The van der Waals surface area contributed by atoms with Crippen LogP contribution in [0.15, 0.2) is 17.0 Å². The number of sulfonamides is 1. The first kappa shape index (κ1) is 16.3. The maximum Gasteiger partial charge on any atom is 0.243 e. The highest BCUT2D eigenvalue weighted by atomic mass is 32.2. The summed E-state index contributed by atoms with van der Waals surface area (Å²) in [6.45, 7) is 1.06. The largest absolute Gasteiger partial charge is 0.380 e. The third-order valence-corrected chi connectivity index (χ3v) is 4.73. The quantitative estimate of drug-likeness (QED) is 0.854. The first-order valence-corrected chi connectivity index (χ1v) is 8.15. The summed E-state index contributed by atoms with van der Waals surface area (Å²) in [7, 11) is -2.49. The van der Waals surface area contributed by atoms with Crippen molar-refractivity contribution in [3.63, 3.8) is 0 Å². The maximum absolute atomic E-state index is 13.8. The maximum atomic E-state index is 13.8. The van der Waals surface area contributed by atoms with Crippen molar-refractivity contribution in [2.24, 2.45) is 0 Å². The van der Waals surface area contributed by atoms with Crippen molar-refractivity contribution < 1.29 is 21.9 Å². The molecule has 2 rings (SSSR count). The number of halogens is 2. The number of nitrogens with one attached hydrogen (secondary N) is 2. The van der Waals surface area contributed by atoms with Crippen LogP contribution in [0.1, 0.15) is 18.4 Å². The topological polar surface area (TPSA) is 67.4 Å². The van der Waals surface area contributed by atoms with Crippen LogP contribution in [0, 0.1) is 11.6 Å². The highest BCUT2D eigenvalue weighted by molar-refractivity contribution is 7.89. The van der Waals surface area contributed by atoms with E-state index in [0.717, 1.165) is 18.6 Å². The van der Waals surface area contributed by atoms with E-state index in [9.17, 15) is 17.2 Å². The van der Waals surface area contributed by atoms with Crippen LogP contribution in [-0.2, 0) is 21.3 Å². The lowest BCUT2D eigenvalue weighted by Crippen LogP contribution is -2.40. The summed E-state index contributed by atoms with van der Waals surface area (Å²) in [5.74, 6) is -2.54.